The maximum atomic E-state index is 11.8. The molecule has 1 rings (SSSR count). The van der Waals surface area contributed by atoms with Crippen LogP contribution in [-0.4, -0.2) is 18.5 Å². The second kappa shape index (κ2) is 7.17. The minimum absolute atomic E-state index is 0.0449. The van der Waals surface area contributed by atoms with E-state index in [-0.39, 0.29) is 11.8 Å². The highest BCUT2D eigenvalue weighted by molar-refractivity contribution is 5.81. The van der Waals surface area contributed by atoms with Crippen LogP contribution < -0.4 is 11.1 Å². The lowest BCUT2D eigenvalue weighted by Crippen LogP contribution is -2.45. The predicted molar refractivity (Wildman–Crippen MR) is 75.3 cm³/mol. The van der Waals surface area contributed by atoms with Crippen molar-refractivity contribution in [1.29, 1.82) is 0 Å². The molecule has 0 saturated heterocycles. The van der Waals surface area contributed by atoms with Crippen LogP contribution in [0, 0.1) is 12.8 Å². The first kappa shape index (κ1) is 14.7. The summed E-state index contributed by atoms with van der Waals surface area (Å²) >= 11 is 0. The standard InChI is InChI=1S/C15H24N2O/c1-4-12(3)14(16)15(18)17-10-9-13-7-5-11(2)6-8-13/h5-8,12,14H,4,9-10,16H2,1-3H3,(H,17,18). The normalized spacial score (nSPS) is 14.0. The fraction of sp³-hybridized carbons (Fsp3) is 0.533. The lowest BCUT2D eigenvalue weighted by Gasteiger charge is -2.17. The zero-order valence-electron chi connectivity index (χ0n) is 11.6. The highest BCUT2D eigenvalue weighted by Crippen LogP contribution is 2.06. The highest BCUT2D eigenvalue weighted by atomic mass is 16.2. The van der Waals surface area contributed by atoms with Gasteiger partial charge in [-0.3, -0.25) is 4.79 Å². The monoisotopic (exact) mass is 248 g/mol. The van der Waals surface area contributed by atoms with E-state index < -0.39 is 6.04 Å². The third kappa shape index (κ3) is 4.49. The van der Waals surface area contributed by atoms with Crippen molar-refractivity contribution >= 4 is 5.91 Å². The van der Waals surface area contributed by atoms with Crippen molar-refractivity contribution in [2.24, 2.45) is 11.7 Å². The van der Waals surface area contributed by atoms with Crippen molar-refractivity contribution < 1.29 is 4.79 Å². The van der Waals surface area contributed by atoms with Gasteiger partial charge in [0, 0.05) is 6.54 Å². The van der Waals surface area contributed by atoms with Gasteiger partial charge in [0.1, 0.15) is 0 Å². The van der Waals surface area contributed by atoms with Gasteiger partial charge in [-0.05, 0) is 24.8 Å². The van der Waals surface area contributed by atoms with Crippen LogP contribution in [0.2, 0.25) is 0 Å². The number of hydrogen-bond acceptors (Lipinski definition) is 2. The van der Waals surface area contributed by atoms with Crippen molar-refractivity contribution in [3.8, 4) is 0 Å². The molecule has 3 nitrogen and oxygen atoms in total. The van der Waals surface area contributed by atoms with Gasteiger partial charge < -0.3 is 11.1 Å². The number of nitrogens with one attached hydrogen (secondary N) is 1. The first-order valence-corrected chi connectivity index (χ1v) is 6.63. The molecule has 0 saturated carbocycles. The molecule has 0 spiro atoms. The summed E-state index contributed by atoms with van der Waals surface area (Å²) in [6, 6.07) is 7.96. The number of hydrogen-bond donors (Lipinski definition) is 2. The van der Waals surface area contributed by atoms with Crippen molar-refractivity contribution in [3.05, 3.63) is 35.4 Å². The molecule has 0 aliphatic carbocycles. The largest absolute Gasteiger partial charge is 0.354 e. The van der Waals surface area contributed by atoms with Gasteiger partial charge >= 0.3 is 0 Å². The predicted octanol–water partition coefficient (Wildman–Crippen LogP) is 2.03. The molecule has 0 radical (unpaired) electrons. The highest BCUT2D eigenvalue weighted by Gasteiger charge is 2.18. The maximum Gasteiger partial charge on any atom is 0.237 e. The Morgan fingerprint density at radius 1 is 1.33 bits per heavy atom. The molecule has 100 valence electrons. The lowest BCUT2D eigenvalue weighted by atomic mass is 9.99. The summed E-state index contributed by atoms with van der Waals surface area (Å²) in [7, 11) is 0. The van der Waals surface area contributed by atoms with Gasteiger partial charge in [0.2, 0.25) is 5.91 Å². The number of aryl methyl sites for hydroxylation is 1. The average molecular weight is 248 g/mol. The summed E-state index contributed by atoms with van der Waals surface area (Å²) in [5.74, 6) is 0.181. The molecule has 0 aromatic heterocycles. The fourth-order valence-electron chi connectivity index (χ4n) is 1.71. The van der Waals surface area contributed by atoms with Crippen LogP contribution in [-0.2, 0) is 11.2 Å². The molecule has 1 aromatic carbocycles. The van der Waals surface area contributed by atoms with Crippen LogP contribution in [0.25, 0.3) is 0 Å². The van der Waals surface area contributed by atoms with E-state index in [0.717, 1.165) is 12.8 Å². The number of rotatable bonds is 6. The SMILES string of the molecule is CCC(C)C(N)C(=O)NCCc1ccc(C)cc1. The van der Waals surface area contributed by atoms with Crippen LogP contribution in [0.3, 0.4) is 0 Å². The minimum Gasteiger partial charge on any atom is -0.354 e. The van der Waals surface area contributed by atoms with E-state index in [1.165, 1.54) is 11.1 Å². The van der Waals surface area contributed by atoms with Crippen LogP contribution in [0.4, 0.5) is 0 Å². The Kier molecular flexibility index (Phi) is 5.86. The van der Waals surface area contributed by atoms with E-state index in [1.807, 2.05) is 13.8 Å². The van der Waals surface area contributed by atoms with E-state index in [9.17, 15) is 4.79 Å². The molecule has 0 aliphatic heterocycles. The van der Waals surface area contributed by atoms with E-state index >= 15 is 0 Å². The Balaban J connectivity index is 2.33. The van der Waals surface area contributed by atoms with Gasteiger partial charge in [0.25, 0.3) is 0 Å². The fourth-order valence-corrected chi connectivity index (χ4v) is 1.71. The molecule has 1 amide bonds. The van der Waals surface area contributed by atoms with Gasteiger partial charge in [-0.15, -0.1) is 0 Å². The molecule has 0 aliphatic rings. The third-order valence-electron chi connectivity index (χ3n) is 3.39. The number of carbonyl (C=O) groups excluding carboxylic acids is 1. The average Bonchev–Trinajstić information content (AvgIpc) is 2.39. The van der Waals surface area contributed by atoms with E-state index in [0.29, 0.717) is 6.54 Å². The lowest BCUT2D eigenvalue weighted by molar-refractivity contribution is -0.123. The molecule has 0 heterocycles. The van der Waals surface area contributed by atoms with Crippen molar-refractivity contribution in [2.75, 3.05) is 6.54 Å². The number of benzene rings is 1. The molecule has 0 bridgehead atoms. The number of amides is 1. The summed E-state index contributed by atoms with van der Waals surface area (Å²) in [5.41, 5.74) is 8.34. The van der Waals surface area contributed by atoms with Gasteiger partial charge in [0.15, 0.2) is 0 Å². The Hall–Kier alpha value is -1.35. The van der Waals surface area contributed by atoms with Crippen LogP contribution in [0.15, 0.2) is 24.3 Å². The first-order chi connectivity index (χ1) is 8.54. The van der Waals surface area contributed by atoms with E-state index in [2.05, 4.69) is 36.5 Å². The van der Waals surface area contributed by atoms with Crippen molar-refractivity contribution in [2.45, 2.75) is 39.7 Å². The Morgan fingerprint density at radius 2 is 1.94 bits per heavy atom. The first-order valence-electron chi connectivity index (χ1n) is 6.63. The third-order valence-corrected chi connectivity index (χ3v) is 3.39. The second-order valence-electron chi connectivity index (χ2n) is 4.94. The molecule has 0 fully saturated rings. The quantitative estimate of drug-likeness (QED) is 0.809. The Bertz CT molecular complexity index is 373. The molecule has 2 unspecified atom stereocenters. The van der Waals surface area contributed by atoms with Gasteiger partial charge in [0.05, 0.1) is 6.04 Å². The second-order valence-corrected chi connectivity index (χ2v) is 4.94. The van der Waals surface area contributed by atoms with Gasteiger partial charge in [-0.25, -0.2) is 0 Å². The number of nitrogens with two attached hydrogens (primary N) is 1. The number of carbonyl (C=O) groups is 1. The minimum atomic E-state index is -0.395. The molecular weight excluding hydrogens is 224 g/mol. The van der Waals surface area contributed by atoms with Crippen molar-refractivity contribution in [1.82, 2.24) is 5.32 Å². The summed E-state index contributed by atoms with van der Waals surface area (Å²) in [6.07, 6.45) is 1.77. The Morgan fingerprint density at radius 3 is 2.50 bits per heavy atom. The van der Waals surface area contributed by atoms with Crippen LogP contribution in [0.5, 0.6) is 0 Å². The summed E-state index contributed by atoms with van der Waals surface area (Å²) in [6.45, 7) is 6.76. The van der Waals surface area contributed by atoms with Gasteiger partial charge in [-0.2, -0.15) is 0 Å². The summed E-state index contributed by atoms with van der Waals surface area (Å²) in [5, 5.41) is 2.90. The van der Waals surface area contributed by atoms with Gasteiger partial charge in [-0.1, -0.05) is 50.1 Å². The zero-order valence-corrected chi connectivity index (χ0v) is 11.6. The summed E-state index contributed by atoms with van der Waals surface area (Å²) in [4.78, 5) is 11.8. The van der Waals surface area contributed by atoms with E-state index in [1.54, 1.807) is 0 Å². The maximum absolute atomic E-state index is 11.8. The zero-order chi connectivity index (χ0) is 13.5. The van der Waals surface area contributed by atoms with E-state index in [4.69, 9.17) is 5.73 Å². The molecule has 18 heavy (non-hydrogen) atoms. The van der Waals surface area contributed by atoms with Crippen molar-refractivity contribution in [3.63, 3.8) is 0 Å². The molecule has 3 N–H and O–H groups in total. The smallest absolute Gasteiger partial charge is 0.237 e. The Labute approximate surface area is 110 Å². The molecule has 3 heteroatoms. The molecular formula is C15H24N2O. The van der Waals surface area contributed by atoms with Crippen LogP contribution >= 0.6 is 0 Å². The topological polar surface area (TPSA) is 55.1 Å². The summed E-state index contributed by atoms with van der Waals surface area (Å²) < 4.78 is 0. The molecule has 2 atom stereocenters. The van der Waals surface area contributed by atoms with Crippen LogP contribution in [0.1, 0.15) is 31.4 Å². The molecule has 1 aromatic rings.